The maximum absolute atomic E-state index is 12.3. The molecular weight excluding hydrogens is 348 g/mol. The van der Waals surface area contributed by atoms with Gasteiger partial charge in [-0.2, -0.15) is 0 Å². The van der Waals surface area contributed by atoms with Crippen LogP contribution >= 0.6 is 0 Å². The molecule has 0 aromatic heterocycles. The van der Waals surface area contributed by atoms with E-state index in [0.29, 0.717) is 5.56 Å². The highest BCUT2D eigenvalue weighted by Gasteiger charge is 2.55. The van der Waals surface area contributed by atoms with Crippen LogP contribution in [0.4, 0.5) is 5.69 Å². The van der Waals surface area contributed by atoms with E-state index in [1.165, 1.54) is 18.2 Å². The van der Waals surface area contributed by atoms with Crippen molar-refractivity contribution >= 4 is 23.6 Å². The number of benzene rings is 1. The largest absolute Gasteiger partial charge is 0.469 e. The highest BCUT2D eigenvalue weighted by Crippen LogP contribution is 2.40. The number of ether oxygens (including phenoxy) is 3. The van der Waals surface area contributed by atoms with Crippen LogP contribution in [-0.2, 0) is 28.6 Å². The fraction of sp³-hybridized carbons (Fsp3) is 0.438. The maximum Gasteiger partial charge on any atom is 0.323 e. The van der Waals surface area contributed by atoms with Crippen molar-refractivity contribution in [3.8, 4) is 0 Å². The summed E-state index contributed by atoms with van der Waals surface area (Å²) >= 11 is 0. The molecule has 1 aliphatic heterocycles. The van der Waals surface area contributed by atoms with Crippen LogP contribution in [0.2, 0.25) is 0 Å². The molecule has 1 aromatic carbocycles. The molecule has 1 fully saturated rings. The van der Waals surface area contributed by atoms with Crippen molar-refractivity contribution < 1.29 is 33.5 Å². The second-order valence-corrected chi connectivity index (χ2v) is 5.60. The second kappa shape index (κ2) is 7.91. The molecule has 140 valence electrons. The summed E-state index contributed by atoms with van der Waals surface area (Å²) in [5.74, 6) is -4.64. The van der Waals surface area contributed by atoms with Gasteiger partial charge in [0, 0.05) is 18.2 Å². The first-order valence-corrected chi connectivity index (χ1v) is 7.59. The molecule has 0 aliphatic carbocycles. The molecule has 2 rings (SSSR count). The van der Waals surface area contributed by atoms with Crippen molar-refractivity contribution in [1.82, 2.24) is 5.32 Å². The number of hydrogen-bond donors (Lipinski definition) is 1. The van der Waals surface area contributed by atoms with E-state index in [-0.39, 0.29) is 5.69 Å². The van der Waals surface area contributed by atoms with Gasteiger partial charge >= 0.3 is 17.9 Å². The average molecular weight is 366 g/mol. The number of nitrogens with zero attached hydrogens (tertiary/aromatic N) is 1. The molecule has 0 spiro atoms. The van der Waals surface area contributed by atoms with Gasteiger partial charge in [0.2, 0.25) is 0 Å². The number of esters is 3. The average Bonchev–Trinajstić information content (AvgIpc) is 3.06. The molecule has 1 saturated heterocycles. The number of nitrogens with one attached hydrogen (secondary N) is 1. The van der Waals surface area contributed by atoms with Crippen LogP contribution in [0, 0.1) is 22.0 Å². The Labute approximate surface area is 148 Å². The van der Waals surface area contributed by atoms with Crippen molar-refractivity contribution in [1.29, 1.82) is 0 Å². The van der Waals surface area contributed by atoms with Gasteiger partial charge in [-0.1, -0.05) is 12.1 Å². The van der Waals surface area contributed by atoms with Crippen molar-refractivity contribution in [2.24, 2.45) is 11.8 Å². The van der Waals surface area contributed by atoms with Crippen LogP contribution < -0.4 is 5.32 Å². The van der Waals surface area contributed by atoms with Crippen molar-refractivity contribution in [3.05, 3.63) is 39.9 Å². The first-order chi connectivity index (χ1) is 12.3. The Kier molecular flexibility index (Phi) is 5.88. The minimum Gasteiger partial charge on any atom is -0.469 e. The highest BCUT2D eigenvalue weighted by molar-refractivity contribution is 5.91. The zero-order valence-corrected chi connectivity index (χ0v) is 14.3. The Balaban J connectivity index is 2.54. The molecule has 0 unspecified atom stereocenters. The maximum atomic E-state index is 12.3. The van der Waals surface area contributed by atoms with Gasteiger partial charge in [-0.3, -0.25) is 29.8 Å². The Morgan fingerprint density at radius 3 is 2.12 bits per heavy atom. The summed E-state index contributed by atoms with van der Waals surface area (Å²) < 4.78 is 14.2. The third-order valence-electron chi connectivity index (χ3n) is 4.31. The van der Waals surface area contributed by atoms with Crippen molar-refractivity contribution in [3.63, 3.8) is 0 Å². The third-order valence-corrected chi connectivity index (χ3v) is 4.31. The van der Waals surface area contributed by atoms with Crippen LogP contribution in [0.3, 0.4) is 0 Å². The minimum atomic E-state index is -1.20. The first kappa shape index (κ1) is 19.3. The summed E-state index contributed by atoms with van der Waals surface area (Å²) in [7, 11) is 3.42. The van der Waals surface area contributed by atoms with Crippen LogP contribution in [0.15, 0.2) is 24.3 Å². The number of non-ortho nitro benzene ring substituents is 1. The van der Waals surface area contributed by atoms with E-state index in [2.05, 4.69) is 5.32 Å². The normalized spacial score (nSPS) is 24.6. The van der Waals surface area contributed by atoms with Gasteiger partial charge in [0.15, 0.2) is 0 Å². The van der Waals surface area contributed by atoms with Gasteiger partial charge in [0.05, 0.1) is 38.1 Å². The third kappa shape index (κ3) is 3.49. The zero-order chi connectivity index (χ0) is 19.4. The first-order valence-electron chi connectivity index (χ1n) is 7.59. The van der Waals surface area contributed by atoms with Gasteiger partial charge in [-0.05, 0) is 5.56 Å². The molecule has 26 heavy (non-hydrogen) atoms. The van der Waals surface area contributed by atoms with Crippen LogP contribution in [0.25, 0.3) is 0 Å². The summed E-state index contributed by atoms with van der Waals surface area (Å²) in [6.45, 7) is 0. The van der Waals surface area contributed by atoms with Crippen LogP contribution in [0.1, 0.15) is 11.6 Å². The Morgan fingerprint density at radius 1 is 1.00 bits per heavy atom. The number of nitro groups is 1. The molecule has 4 atom stereocenters. The number of nitro benzene ring substituents is 1. The number of hydrogen-bond acceptors (Lipinski definition) is 9. The van der Waals surface area contributed by atoms with E-state index < -0.39 is 46.8 Å². The highest BCUT2D eigenvalue weighted by atomic mass is 16.6. The number of methoxy groups -OCH3 is 3. The van der Waals surface area contributed by atoms with E-state index in [9.17, 15) is 24.5 Å². The van der Waals surface area contributed by atoms with E-state index in [4.69, 9.17) is 14.2 Å². The lowest BCUT2D eigenvalue weighted by molar-refractivity contribution is -0.384. The molecule has 0 amide bonds. The molecule has 1 aliphatic rings. The molecule has 1 N–H and O–H groups in total. The molecule has 10 heteroatoms. The predicted molar refractivity (Wildman–Crippen MR) is 85.8 cm³/mol. The van der Waals surface area contributed by atoms with Gasteiger partial charge in [0.1, 0.15) is 6.04 Å². The Bertz CT molecular complexity index is 735. The van der Waals surface area contributed by atoms with Crippen LogP contribution in [0.5, 0.6) is 0 Å². The molecule has 1 heterocycles. The lowest BCUT2D eigenvalue weighted by Crippen LogP contribution is -2.42. The molecular formula is C16H18N2O8. The number of carbonyl (C=O) groups excluding carboxylic acids is 3. The van der Waals surface area contributed by atoms with E-state index >= 15 is 0 Å². The smallest absolute Gasteiger partial charge is 0.323 e. The Hall–Kier alpha value is -3.01. The summed E-state index contributed by atoms with van der Waals surface area (Å²) in [4.78, 5) is 47.1. The SMILES string of the molecule is COC(=O)[C@@H]1[C@H](C(=O)OC)[C@H](c2cccc([N+](=O)[O-])c2)N[C@@H]1C(=O)OC. The number of rotatable bonds is 5. The lowest BCUT2D eigenvalue weighted by atomic mass is 9.84. The van der Waals surface area contributed by atoms with Crippen LogP contribution in [-0.4, -0.2) is 50.2 Å². The summed E-state index contributed by atoms with van der Waals surface area (Å²) in [6, 6.07) is 3.51. The minimum absolute atomic E-state index is 0.191. The molecule has 1 aromatic rings. The Morgan fingerprint density at radius 2 is 1.58 bits per heavy atom. The van der Waals surface area contributed by atoms with Gasteiger partial charge < -0.3 is 14.2 Å². The second-order valence-electron chi connectivity index (χ2n) is 5.60. The topological polar surface area (TPSA) is 134 Å². The quantitative estimate of drug-likeness (QED) is 0.339. The zero-order valence-electron chi connectivity index (χ0n) is 14.3. The fourth-order valence-corrected chi connectivity index (χ4v) is 3.13. The van der Waals surface area contributed by atoms with Gasteiger partial charge in [-0.15, -0.1) is 0 Å². The fourth-order valence-electron chi connectivity index (χ4n) is 3.13. The van der Waals surface area contributed by atoms with Gasteiger partial charge in [0.25, 0.3) is 5.69 Å². The summed E-state index contributed by atoms with van der Waals surface area (Å²) in [5, 5.41) is 13.9. The van der Waals surface area contributed by atoms with E-state index in [1.54, 1.807) is 6.07 Å². The molecule has 0 bridgehead atoms. The lowest BCUT2D eigenvalue weighted by Gasteiger charge is -2.21. The predicted octanol–water partition coefficient (Wildman–Crippen LogP) is 0.359. The van der Waals surface area contributed by atoms with E-state index in [1.807, 2.05) is 0 Å². The summed E-state index contributed by atoms with van der Waals surface area (Å²) in [6.07, 6.45) is 0. The molecule has 0 saturated carbocycles. The van der Waals surface area contributed by atoms with E-state index in [0.717, 1.165) is 21.3 Å². The standard InChI is InChI=1S/C16H18N2O8/c1-24-14(19)10-11(15(20)25-2)13(16(21)26-3)17-12(10)8-5-4-6-9(7-8)18(22)23/h4-7,10-13,17H,1-3H3/t10-,11+,12-,13-/m0/s1. The molecule has 0 radical (unpaired) electrons. The van der Waals surface area contributed by atoms with Gasteiger partial charge in [-0.25, -0.2) is 0 Å². The molecule has 10 nitrogen and oxygen atoms in total. The number of carbonyl (C=O) groups is 3. The summed E-state index contributed by atoms with van der Waals surface area (Å²) in [5.41, 5.74) is 0.166. The van der Waals surface area contributed by atoms with Crippen molar-refractivity contribution in [2.45, 2.75) is 12.1 Å². The monoisotopic (exact) mass is 366 g/mol. The van der Waals surface area contributed by atoms with Crippen molar-refractivity contribution in [2.75, 3.05) is 21.3 Å².